The molecule has 0 saturated carbocycles. The Bertz CT molecular complexity index is 703. The van der Waals surface area contributed by atoms with Crippen molar-refractivity contribution in [2.45, 2.75) is 25.9 Å². The van der Waals surface area contributed by atoms with Crippen LogP contribution in [0.1, 0.15) is 16.3 Å². The lowest BCUT2D eigenvalue weighted by molar-refractivity contribution is 0.648. The summed E-state index contributed by atoms with van der Waals surface area (Å²) < 4.78 is 1.11. The van der Waals surface area contributed by atoms with Crippen LogP contribution in [-0.4, -0.2) is 37.1 Å². The van der Waals surface area contributed by atoms with Gasteiger partial charge in [0.15, 0.2) is 5.96 Å². The molecule has 0 spiro atoms. The number of guanidine groups is 1. The Morgan fingerprint density at radius 1 is 1.40 bits per heavy atom. The second-order valence-corrected chi connectivity index (χ2v) is 8.08. The average Bonchev–Trinajstić information content (AvgIpc) is 3.21. The molecule has 1 aliphatic heterocycles. The normalized spacial score (nSPS) is 17.3. The molecule has 0 radical (unpaired) electrons. The summed E-state index contributed by atoms with van der Waals surface area (Å²) in [6, 6.07) is 8.89. The molecule has 136 valence electrons. The smallest absolute Gasteiger partial charge is 0.191 e. The van der Waals surface area contributed by atoms with Crippen LogP contribution in [-0.2, 0) is 6.54 Å². The topological polar surface area (TPSA) is 52.6 Å². The minimum Gasteiger partial charge on any atom is -0.369 e. The second kappa shape index (κ2) is 9.72. The van der Waals surface area contributed by atoms with Gasteiger partial charge in [0.05, 0.1) is 6.54 Å². The number of aryl methyl sites for hydroxylation is 1. The number of benzene rings is 1. The molecular formula is C17H23BrIN5S. The van der Waals surface area contributed by atoms with Gasteiger partial charge in [-0.3, -0.25) is 4.99 Å². The van der Waals surface area contributed by atoms with Crippen molar-refractivity contribution >= 4 is 62.9 Å². The molecule has 2 N–H and O–H groups in total. The van der Waals surface area contributed by atoms with E-state index in [4.69, 9.17) is 0 Å². The lowest BCUT2D eigenvalue weighted by Gasteiger charge is -2.20. The minimum absolute atomic E-state index is 0. The van der Waals surface area contributed by atoms with Crippen LogP contribution in [0.15, 0.2) is 39.9 Å². The third kappa shape index (κ3) is 5.82. The molecule has 0 amide bonds. The molecule has 1 atom stereocenters. The lowest BCUT2D eigenvalue weighted by Crippen LogP contribution is -2.44. The van der Waals surface area contributed by atoms with Crippen molar-refractivity contribution in [1.82, 2.24) is 15.6 Å². The van der Waals surface area contributed by atoms with Gasteiger partial charge < -0.3 is 15.5 Å². The molecule has 1 aliphatic rings. The maximum absolute atomic E-state index is 4.37. The number of nitrogens with zero attached hydrogens (tertiary/aromatic N) is 3. The van der Waals surface area contributed by atoms with E-state index < -0.39 is 0 Å². The van der Waals surface area contributed by atoms with Crippen molar-refractivity contribution in [1.29, 1.82) is 0 Å². The highest BCUT2D eigenvalue weighted by Crippen LogP contribution is 2.22. The van der Waals surface area contributed by atoms with Gasteiger partial charge in [-0.15, -0.1) is 35.3 Å². The summed E-state index contributed by atoms with van der Waals surface area (Å²) in [4.78, 5) is 12.3. The highest BCUT2D eigenvalue weighted by molar-refractivity contribution is 14.0. The summed E-state index contributed by atoms with van der Waals surface area (Å²) in [6.07, 6.45) is 3.01. The Labute approximate surface area is 178 Å². The van der Waals surface area contributed by atoms with Gasteiger partial charge in [-0.05, 0) is 37.6 Å². The Morgan fingerprint density at radius 3 is 2.80 bits per heavy atom. The van der Waals surface area contributed by atoms with Crippen molar-refractivity contribution < 1.29 is 0 Å². The fraction of sp³-hybridized carbons (Fsp3) is 0.412. The maximum Gasteiger partial charge on any atom is 0.191 e. The molecule has 5 nitrogen and oxygen atoms in total. The Balaban J connectivity index is 0.00000225. The van der Waals surface area contributed by atoms with Crippen molar-refractivity contribution in [2.75, 3.05) is 25.0 Å². The van der Waals surface area contributed by atoms with Crippen molar-refractivity contribution in [3.05, 3.63) is 44.8 Å². The molecule has 25 heavy (non-hydrogen) atoms. The zero-order valence-corrected chi connectivity index (χ0v) is 19.1. The Hall–Kier alpha value is -0.870. The minimum atomic E-state index is 0. The molecule has 8 heteroatoms. The SMILES string of the molecule is CN=C(NCc1ncc(C)s1)NC1CCN(c2ccc(Br)cc2)C1.I. The van der Waals surface area contributed by atoms with Crippen molar-refractivity contribution in [3.8, 4) is 0 Å². The predicted molar refractivity (Wildman–Crippen MR) is 120 cm³/mol. The number of hydrogen-bond donors (Lipinski definition) is 2. The van der Waals surface area contributed by atoms with Gasteiger partial charge in [-0.1, -0.05) is 15.9 Å². The van der Waals surface area contributed by atoms with Crippen molar-refractivity contribution in [2.24, 2.45) is 4.99 Å². The van der Waals surface area contributed by atoms with Gasteiger partial charge in [-0.25, -0.2) is 4.98 Å². The summed E-state index contributed by atoms with van der Waals surface area (Å²) >= 11 is 5.20. The van der Waals surface area contributed by atoms with Crippen LogP contribution in [0, 0.1) is 6.92 Å². The predicted octanol–water partition coefficient (Wildman–Crippen LogP) is 3.78. The van der Waals surface area contributed by atoms with E-state index >= 15 is 0 Å². The van der Waals surface area contributed by atoms with E-state index in [0.717, 1.165) is 35.0 Å². The fourth-order valence-corrected chi connectivity index (χ4v) is 3.79. The van der Waals surface area contributed by atoms with Crippen molar-refractivity contribution in [3.63, 3.8) is 0 Å². The van der Waals surface area contributed by atoms with Crippen LogP contribution in [0.2, 0.25) is 0 Å². The summed E-state index contributed by atoms with van der Waals surface area (Å²) in [5.41, 5.74) is 1.27. The molecular weight excluding hydrogens is 513 g/mol. The van der Waals surface area contributed by atoms with E-state index in [1.54, 1.807) is 11.3 Å². The van der Waals surface area contributed by atoms with Gasteiger partial charge in [0, 0.05) is 47.4 Å². The summed E-state index contributed by atoms with van der Waals surface area (Å²) in [5, 5.41) is 7.95. The summed E-state index contributed by atoms with van der Waals surface area (Å²) in [7, 11) is 1.81. The molecule has 1 fully saturated rings. The van der Waals surface area contributed by atoms with Gasteiger partial charge in [0.1, 0.15) is 5.01 Å². The van der Waals surface area contributed by atoms with E-state index in [0.29, 0.717) is 12.6 Å². The molecule has 0 aliphatic carbocycles. The Kier molecular flexibility index (Phi) is 7.95. The first kappa shape index (κ1) is 20.4. The van der Waals surface area contributed by atoms with Crippen LogP contribution in [0.25, 0.3) is 0 Å². The average molecular weight is 536 g/mol. The number of nitrogens with one attached hydrogen (secondary N) is 2. The van der Waals surface area contributed by atoms with Crippen LogP contribution in [0.5, 0.6) is 0 Å². The van der Waals surface area contributed by atoms with Crippen LogP contribution in [0.4, 0.5) is 5.69 Å². The molecule has 1 saturated heterocycles. The standard InChI is InChI=1S/C17H22BrN5S.HI/c1-12-9-20-16(24-12)10-21-17(19-2)22-14-7-8-23(11-14)15-5-3-13(18)4-6-15;/h3-6,9,14H,7-8,10-11H2,1-2H3,(H2,19,21,22);1H. The molecule has 3 rings (SSSR count). The first-order chi connectivity index (χ1) is 11.6. The Morgan fingerprint density at radius 2 is 2.16 bits per heavy atom. The summed E-state index contributed by atoms with van der Waals surface area (Å²) in [5.74, 6) is 0.838. The number of thiazole rings is 1. The third-order valence-electron chi connectivity index (χ3n) is 4.02. The molecule has 2 aromatic rings. The van der Waals surface area contributed by atoms with E-state index in [1.807, 2.05) is 13.2 Å². The van der Waals surface area contributed by atoms with Crippen LogP contribution >= 0.6 is 51.2 Å². The first-order valence-electron chi connectivity index (χ1n) is 8.03. The number of aliphatic imine (C=N–C) groups is 1. The molecule has 1 aromatic carbocycles. The number of aromatic nitrogens is 1. The first-order valence-corrected chi connectivity index (χ1v) is 9.64. The quantitative estimate of drug-likeness (QED) is 0.355. The van der Waals surface area contributed by atoms with Gasteiger partial charge >= 0.3 is 0 Å². The van der Waals surface area contributed by atoms with E-state index in [-0.39, 0.29) is 24.0 Å². The zero-order chi connectivity index (χ0) is 16.9. The number of hydrogen-bond acceptors (Lipinski definition) is 4. The number of halogens is 2. The van der Waals surface area contributed by atoms with Crippen LogP contribution in [0.3, 0.4) is 0 Å². The maximum atomic E-state index is 4.37. The van der Waals surface area contributed by atoms with E-state index in [1.165, 1.54) is 10.6 Å². The number of rotatable bonds is 4. The number of anilines is 1. The zero-order valence-electron chi connectivity index (χ0n) is 14.3. The highest BCUT2D eigenvalue weighted by atomic mass is 127. The lowest BCUT2D eigenvalue weighted by atomic mass is 10.3. The fourth-order valence-electron chi connectivity index (χ4n) is 2.79. The third-order valence-corrected chi connectivity index (χ3v) is 5.46. The molecule has 0 bridgehead atoms. The van der Waals surface area contributed by atoms with Crippen LogP contribution < -0.4 is 15.5 Å². The highest BCUT2D eigenvalue weighted by Gasteiger charge is 2.23. The molecule has 1 unspecified atom stereocenters. The van der Waals surface area contributed by atoms with Gasteiger partial charge in [0.25, 0.3) is 0 Å². The van der Waals surface area contributed by atoms with Gasteiger partial charge in [0.2, 0.25) is 0 Å². The van der Waals surface area contributed by atoms with E-state index in [2.05, 4.69) is 72.6 Å². The summed E-state index contributed by atoms with van der Waals surface area (Å²) in [6.45, 7) is 4.82. The van der Waals surface area contributed by atoms with E-state index in [9.17, 15) is 0 Å². The largest absolute Gasteiger partial charge is 0.369 e. The second-order valence-electron chi connectivity index (χ2n) is 5.84. The monoisotopic (exact) mass is 535 g/mol. The van der Waals surface area contributed by atoms with Gasteiger partial charge in [-0.2, -0.15) is 0 Å². The molecule has 2 heterocycles. The molecule has 1 aromatic heterocycles.